The minimum absolute atomic E-state index is 0.000494. The maximum absolute atomic E-state index is 13.5. The number of amides is 1. The van der Waals surface area contributed by atoms with Gasteiger partial charge in [0, 0.05) is 11.2 Å². The van der Waals surface area contributed by atoms with Crippen molar-refractivity contribution in [3.05, 3.63) is 5.92 Å². The molecule has 1 aliphatic rings. The van der Waals surface area contributed by atoms with Crippen molar-refractivity contribution >= 4 is 18.5 Å². The highest BCUT2D eigenvalue weighted by Gasteiger charge is 2.47. The van der Waals surface area contributed by atoms with Crippen molar-refractivity contribution in [3.8, 4) is 6.07 Å². The molecule has 0 aliphatic carbocycles. The van der Waals surface area contributed by atoms with Gasteiger partial charge in [0.25, 0.3) is 0 Å². The number of likely N-dealkylation sites (tertiary alicyclic amines) is 1. The lowest BCUT2D eigenvalue weighted by molar-refractivity contribution is -0.131. The molecule has 0 aromatic rings. The molecule has 0 spiro atoms. The highest BCUT2D eigenvalue weighted by Crippen LogP contribution is 2.42. The maximum Gasteiger partial charge on any atom is 0.233 e. The van der Waals surface area contributed by atoms with Crippen molar-refractivity contribution < 1.29 is 9.18 Å². The van der Waals surface area contributed by atoms with Crippen LogP contribution >= 0.6 is 12.6 Å². The Bertz CT molecular complexity index is 378. The van der Waals surface area contributed by atoms with Gasteiger partial charge in [-0.2, -0.15) is 17.9 Å². The van der Waals surface area contributed by atoms with Crippen LogP contribution in [0.4, 0.5) is 4.39 Å². The lowest BCUT2D eigenvalue weighted by Gasteiger charge is -2.40. The average molecular weight is 285 g/mol. The Morgan fingerprint density at radius 2 is 1.89 bits per heavy atom. The molecule has 0 saturated carbocycles. The summed E-state index contributed by atoms with van der Waals surface area (Å²) in [6, 6.07) is 1.34. The van der Waals surface area contributed by atoms with E-state index in [1.54, 1.807) is 0 Å². The summed E-state index contributed by atoms with van der Waals surface area (Å²) in [6.45, 7) is 9.49. The minimum atomic E-state index is -1.11. The Morgan fingerprint density at radius 3 is 2.26 bits per heavy atom. The van der Waals surface area contributed by atoms with Crippen LogP contribution in [-0.2, 0) is 4.79 Å². The molecule has 0 aromatic heterocycles. The van der Waals surface area contributed by atoms with E-state index in [0.717, 1.165) is 0 Å². The number of hydrogen-bond acceptors (Lipinski definition) is 3. The number of alkyl halides is 1. The summed E-state index contributed by atoms with van der Waals surface area (Å²) < 4.78 is 12.8. The first-order valence-electron chi connectivity index (χ1n) is 6.43. The summed E-state index contributed by atoms with van der Waals surface area (Å²) in [7, 11) is 0. The molecule has 1 fully saturated rings. The van der Waals surface area contributed by atoms with Crippen LogP contribution in [0.3, 0.4) is 0 Å². The van der Waals surface area contributed by atoms with Gasteiger partial charge in [0.15, 0.2) is 0 Å². The van der Waals surface area contributed by atoms with Crippen molar-refractivity contribution in [1.82, 2.24) is 4.90 Å². The van der Waals surface area contributed by atoms with Crippen LogP contribution in [0.15, 0.2) is 0 Å². The standard InChI is InChI=1S/C14H22FN2OS/c1-13(2,3)11(14(4,5)19)12(18)17-8-9(15)6-10(17)7-16/h9-10,19H,6,8H2,1-5H3/t9-,10-/m0/s1. The predicted molar refractivity (Wildman–Crippen MR) is 76.4 cm³/mol. The summed E-state index contributed by atoms with van der Waals surface area (Å²) >= 11 is 4.50. The molecule has 1 amide bonds. The number of carbonyl (C=O) groups excluding carboxylic acids is 1. The Kier molecular flexibility index (Phi) is 4.56. The number of nitriles is 1. The van der Waals surface area contributed by atoms with E-state index in [2.05, 4.69) is 12.6 Å². The fourth-order valence-corrected chi connectivity index (χ4v) is 3.21. The molecule has 0 unspecified atom stereocenters. The van der Waals surface area contributed by atoms with Gasteiger partial charge in [0.05, 0.1) is 18.5 Å². The molecule has 1 radical (unpaired) electrons. The van der Waals surface area contributed by atoms with E-state index in [1.807, 2.05) is 40.7 Å². The molecule has 0 bridgehead atoms. The van der Waals surface area contributed by atoms with Gasteiger partial charge in [-0.15, -0.1) is 0 Å². The van der Waals surface area contributed by atoms with Crippen molar-refractivity contribution in [2.75, 3.05) is 6.54 Å². The second-order valence-corrected chi connectivity index (χ2v) is 7.74. The third-order valence-corrected chi connectivity index (χ3v) is 3.46. The molecule has 0 aromatic carbocycles. The fourth-order valence-electron chi connectivity index (χ4n) is 2.78. The normalized spacial score (nSPS) is 24.7. The van der Waals surface area contributed by atoms with Crippen LogP contribution in [-0.4, -0.2) is 34.3 Å². The van der Waals surface area contributed by atoms with Gasteiger partial charge < -0.3 is 4.90 Å². The maximum atomic E-state index is 13.5. The first kappa shape index (κ1) is 16.3. The van der Waals surface area contributed by atoms with Crippen LogP contribution in [0, 0.1) is 22.7 Å². The molecule has 1 aliphatic heterocycles. The van der Waals surface area contributed by atoms with Gasteiger partial charge in [-0.1, -0.05) is 20.8 Å². The largest absolute Gasteiger partial charge is 0.323 e. The van der Waals surface area contributed by atoms with E-state index in [1.165, 1.54) is 4.90 Å². The van der Waals surface area contributed by atoms with Crippen molar-refractivity contribution in [3.63, 3.8) is 0 Å². The van der Waals surface area contributed by atoms with E-state index < -0.39 is 17.0 Å². The molecular weight excluding hydrogens is 263 g/mol. The van der Waals surface area contributed by atoms with Gasteiger partial charge in [-0.3, -0.25) is 4.79 Å². The first-order valence-corrected chi connectivity index (χ1v) is 6.88. The van der Waals surface area contributed by atoms with E-state index in [4.69, 9.17) is 5.26 Å². The Hall–Kier alpha value is -0.760. The van der Waals surface area contributed by atoms with Crippen LogP contribution < -0.4 is 0 Å². The molecule has 1 heterocycles. The van der Waals surface area contributed by atoms with Crippen LogP contribution in [0.1, 0.15) is 41.0 Å². The Labute approximate surface area is 120 Å². The predicted octanol–water partition coefficient (Wildman–Crippen LogP) is 2.78. The second-order valence-electron chi connectivity index (χ2n) is 6.62. The molecule has 3 nitrogen and oxygen atoms in total. The molecule has 19 heavy (non-hydrogen) atoms. The van der Waals surface area contributed by atoms with E-state index >= 15 is 0 Å². The van der Waals surface area contributed by atoms with Crippen LogP contribution in [0.2, 0.25) is 0 Å². The van der Waals surface area contributed by atoms with Crippen LogP contribution in [0.5, 0.6) is 0 Å². The Balaban J connectivity index is 3.05. The summed E-state index contributed by atoms with van der Waals surface area (Å²) in [5.41, 5.74) is -0.378. The summed E-state index contributed by atoms with van der Waals surface area (Å²) in [6.07, 6.45) is -1.01. The topological polar surface area (TPSA) is 44.1 Å². The smallest absolute Gasteiger partial charge is 0.233 e. The van der Waals surface area contributed by atoms with Gasteiger partial charge >= 0.3 is 0 Å². The molecule has 2 atom stereocenters. The van der Waals surface area contributed by atoms with Gasteiger partial charge in [0.2, 0.25) is 5.91 Å². The summed E-state index contributed by atoms with van der Waals surface area (Å²) in [4.78, 5) is 14.0. The number of halogens is 1. The number of thiol groups is 1. The first-order chi connectivity index (χ1) is 8.48. The summed E-state index contributed by atoms with van der Waals surface area (Å²) in [5, 5.41) is 9.05. The number of nitrogens with zero attached hydrogens (tertiary/aromatic N) is 2. The van der Waals surface area contributed by atoms with E-state index in [9.17, 15) is 9.18 Å². The zero-order valence-electron chi connectivity index (χ0n) is 12.2. The Morgan fingerprint density at radius 1 is 1.37 bits per heavy atom. The quantitative estimate of drug-likeness (QED) is 0.793. The average Bonchev–Trinajstić information content (AvgIpc) is 2.54. The lowest BCUT2D eigenvalue weighted by atomic mass is 9.73. The van der Waals surface area contributed by atoms with Crippen molar-refractivity contribution in [1.29, 1.82) is 5.26 Å². The van der Waals surface area contributed by atoms with Gasteiger partial charge in [-0.05, 0) is 19.3 Å². The molecule has 0 N–H and O–H groups in total. The van der Waals surface area contributed by atoms with Crippen LogP contribution in [0.25, 0.3) is 0 Å². The molecular formula is C14H22FN2OS. The molecule has 107 valence electrons. The number of carbonyl (C=O) groups is 1. The number of hydrogen-bond donors (Lipinski definition) is 1. The third kappa shape index (κ3) is 3.62. The highest BCUT2D eigenvalue weighted by molar-refractivity contribution is 7.82. The zero-order valence-corrected chi connectivity index (χ0v) is 13.1. The van der Waals surface area contributed by atoms with E-state index in [0.29, 0.717) is 5.92 Å². The minimum Gasteiger partial charge on any atom is -0.323 e. The highest BCUT2D eigenvalue weighted by atomic mass is 32.1. The van der Waals surface area contributed by atoms with Crippen molar-refractivity contribution in [2.45, 2.75) is 58.0 Å². The van der Waals surface area contributed by atoms with E-state index in [-0.39, 0.29) is 24.3 Å². The number of rotatable bonds is 2. The van der Waals surface area contributed by atoms with Gasteiger partial charge in [-0.25, -0.2) is 4.39 Å². The molecule has 1 saturated heterocycles. The fraction of sp³-hybridized carbons (Fsp3) is 0.786. The second kappa shape index (κ2) is 5.32. The molecule has 1 rings (SSSR count). The zero-order chi connectivity index (χ0) is 15.0. The summed E-state index contributed by atoms with van der Waals surface area (Å²) in [5.74, 6) is 0.358. The SMILES string of the molecule is CC(C)(C)[C](C(=O)N1C[C@@H](F)C[C@H]1C#N)C(C)(C)S. The third-order valence-electron chi connectivity index (χ3n) is 3.24. The lowest BCUT2D eigenvalue weighted by Crippen LogP contribution is -2.48. The monoisotopic (exact) mass is 285 g/mol. The van der Waals surface area contributed by atoms with Gasteiger partial charge in [0.1, 0.15) is 12.2 Å². The van der Waals surface area contributed by atoms with Crippen molar-refractivity contribution in [2.24, 2.45) is 5.41 Å². The molecule has 5 heteroatoms.